The molecule has 2 aromatic rings. The molecule has 0 radical (unpaired) electrons. The Morgan fingerprint density at radius 2 is 1.85 bits per heavy atom. The van der Waals surface area contributed by atoms with Crippen LogP contribution in [0.3, 0.4) is 0 Å². The average molecular weight is 286 g/mol. The zero-order chi connectivity index (χ0) is 14.2. The minimum Gasteiger partial charge on any atom is -0.207 e. The van der Waals surface area contributed by atoms with E-state index >= 15 is 0 Å². The third-order valence-corrected chi connectivity index (χ3v) is 4.43. The molecule has 100 valence electrons. The van der Waals surface area contributed by atoms with E-state index in [1.165, 1.54) is 17.7 Å². The van der Waals surface area contributed by atoms with Crippen molar-refractivity contribution in [3.05, 3.63) is 70.5 Å². The highest BCUT2D eigenvalue weighted by Gasteiger charge is 2.47. The molecule has 0 atom stereocenters. The van der Waals surface area contributed by atoms with Crippen LogP contribution in [0.15, 0.2) is 48.5 Å². The van der Waals surface area contributed by atoms with Crippen molar-refractivity contribution in [3.63, 3.8) is 0 Å². The Labute approximate surface area is 122 Å². The zero-order valence-corrected chi connectivity index (χ0v) is 11.6. The maximum absolute atomic E-state index is 13.1. The number of rotatable bonds is 2. The molecule has 0 aliphatic heterocycles. The van der Waals surface area contributed by atoms with Crippen LogP contribution in [0, 0.1) is 17.1 Å². The Bertz CT molecular complexity index is 669. The van der Waals surface area contributed by atoms with Gasteiger partial charge in [-0.15, -0.1) is 0 Å². The van der Waals surface area contributed by atoms with Gasteiger partial charge in [0.2, 0.25) is 0 Å². The quantitative estimate of drug-likeness (QED) is 0.776. The van der Waals surface area contributed by atoms with Gasteiger partial charge in [0, 0.05) is 5.02 Å². The van der Waals surface area contributed by atoms with Gasteiger partial charge in [0.1, 0.15) is 5.82 Å². The largest absolute Gasteiger partial charge is 0.207 e. The van der Waals surface area contributed by atoms with Crippen LogP contribution in [0.2, 0.25) is 5.02 Å². The second kappa shape index (κ2) is 4.92. The first-order chi connectivity index (χ1) is 9.64. The lowest BCUT2D eigenvalue weighted by molar-refractivity contribution is 0.269. The summed E-state index contributed by atoms with van der Waals surface area (Å²) >= 11 is 6.11. The zero-order valence-electron chi connectivity index (χ0n) is 10.8. The van der Waals surface area contributed by atoms with Crippen molar-refractivity contribution < 1.29 is 4.39 Å². The van der Waals surface area contributed by atoms with Crippen molar-refractivity contribution in [2.24, 2.45) is 0 Å². The van der Waals surface area contributed by atoms with Gasteiger partial charge in [0.05, 0.1) is 11.5 Å². The van der Waals surface area contributed by atoms with Crippen LogP contribution in [0.5, 0.6) is 0 Å². The molecule has 0 heterocycles. The molecule has 1 aliphatic rings. The SMILES string of the molecule is N#CC1(c2ccc(F)cc2Cl)CC(c2ccccc2)C1. The second-order valence-electron chi connectivity index (χ2n) is 5.33. The smallest absolute Gasteiger partial charge is 0.124 e. The first-order valence-electron chi connectivity index (χ1n) is 6.56. The highest BCUT2D eigenvalue weighted by Crippen LogP contribution is 2.53. The molecular weight excluding hydrogens is 273 g/mol. The molecule has 20 heavy (non-hydrogen) atoms. The fraction of sp³-hybridized carbons (Fsp3) is 0.235. The molecule has 0 N–H and O–H groups in total. The Hall–Kier alpha value is -1.85. The van der Waals surface area contributed by atoms with E-state index < -0.39 is 5.41 Å². The summed E-state index contributed by atoms with van der Waals surface area (Å²) in [6.45, 7) is 0. The van der Waals surface area contributed by atoms with Gasteiger partial charge >= 0.3 is 0 Å². The first-order valence-corrected chi connectivity index (χ1v) is 6.94. The molecule has 0 spiro atoms. The molecule has 0 aromatic heterocycles. The molecule has 3 rings (SSSR count). The minimum absolute atomic E-state index is 0.345. The molecule has 1 fully saturated rings. The van der Waals surface area contributed by atoms with Crippen LogP contribution in [0.1, 0.15) is 29.9 Å². The number of nitrogens with zero attached hydrogens (tertiary/aromatic N) is 1. The summed E-state index contributed by atoms with van der Waals surface area (Å²) in [4.78, 5) is 0. The van der Waals surface area contributed by atoms with Crippen molar-refractivity contribution in [2.45, 2.75) is 24.2 Å². The van der Waals surface area contributed by atoms with E-state index in [4.69, 9.17) is 11.6 Å². The Morgan fingerprint density at radius 1 is 1.15 bits per heavy atom. The van der Waals surface area contributed by atoms with E-state index in [0.29, 0.717) is 10.9 Å². The standard InChI is InChI=1S/C17H13ClFN/c18-16-8-14(19)6-7-15(16)17(11-20)9-13(10-17)12-4-2-1-3-5-12/h1-8,13H,9-10H2. The van der Waals surface area contributed by atoms with E-state index in [0.717, 1.165) is 18.4 Å². The van der Waals surface area contributed by atoms with Gasteiger partial charge in [-0.3, -0.25) is 0 Å². The number of nitriles is 1. The normalized spacial score (nSPS) is 24.8. The molecular formula is C17H13ClFN. The van der Waals surface area contributed by atoms with Crippen molar-refractivity contribution in [3.8, 4) is 6.07 Å². The van der Waals surface area contributed by atoms with Crippen LogP contribution >= 0.6 is 11.6 Å². The molecule has 1 nitrogen and oxygen atoms in total. The number of halogens is 2. The lowest BCUT2D eigenvalue weighted by Crippen LogP contribution is -2.39. The number of hydrogen-bond acceptors (Lipinski definition) is 1. The van der Waals surface area contributed by atoms with Gasteiger partial charge in [-0.2, -0.15) is 5.26 Å². The third kappa shape index (κ3) is 2.09. The van der Waals surface area contributed by atoms with Crippen molar-refractivity contribution in [1.29, 1.82) is 5.26 Å². The van der Waals surface area contributed by atoms with E-state index in [1.807, 2.05) is 18.2 Å². The van der Waals surface area contributed by atoms with Gasteiger partial charge in [-0.25, -0.2) is 4.39 Å². The van der Waals surface area contributed by atoms with E-state index in [-0.39, 0.29) is 5.82 Å². The summed E-state index contributed by atoms with van der Waals surface area (Å²) in [7, 11) is 0. The highest BCUT2D eigenvalue weighted by molar-refractivity contribution is 6.31. The third-order valence-electron chi connectivity index (χ3n) is 4.12. The van der Waals surface area contributed by atoms with Gasteiger partial charge in [-0.1, -0.05) is 48.0 Å². The maximum Gasteiger partial charge on any atom is 0.124 e. The predicted octanol–water partition coefficient (Wildman–Crippen LogP) is 4.82. The van der Waals surface area contributed by atoms with E-state index in [1.54, 1.807) is 6.07 Å². The fourth-order valence-corrected chi connectivity index (χ4v) is 3.34. The van der Waals surface area contributed by atoms with Gasteiger partial charge < -0.3 is 0 Å². The van der Waals surface area contributed by atoms with Crippen LogP contribution in [0.4, 0.5) is 4.39 Å². The lowest BCUT2D eigenvalue weighted by Gasteiger charge is -2.43. The minimum atomic E-state index is -0.578. The molecule has 0 saturated heterocycles. The maximum atomic E-state index is 13.1. The van der Waals surface area contributed by atoms with Crippen LogP contribution < -0.4 is 0 Å². The Kier molecular flexibility index (Phi) is 3.23. The molecule has 3 heteroatoms. The lowest BCUT2D eigenvalue weighted by atomic mass is 9.58. The molecule has 1 saturated carbocycles. The molecule has 0 bridgehead atoms. The predicted molar refractivity (Wildman–Crippen MR) is 77.1 cm³/mol. The summed E-state index contributed by atoms with van der Waals surface area (Å²) in [6.07, 6.45) is 1.47. The monoisotopic (exact) mass is 285 g/mol. The summed E-state index contributed by atoms with van der Waals surface area (Å²) in [5.41, 5.74) is 1.41. The first kappa shape index (κ1) is 13.1. The van der Waals surface area contributed by atoms with Crippen LogP contribution in [-0.4, -0.2) is 0 Å². The molecule has 2 aromatic carbocycles. The van der Waals surface area contributed by atoms with E-state index in [9.17, 15) is 9.65 Å². The summed E-state index contributed by atoms with van der Waals surface area (Å²) < 4.78 is 13.1. The van der Waals surface area contributed by atoms with Crippen molar-refractivity contribution in [1.82, 2.24) is 0 Å². The highest BCUT2D eigenvalue weighted by atomic mass is 35.5. The van der Waals surface area contributed by atoms with Crippen LogP contribution in [0.25, 0.3) is 0 Å². The number of benzene rings is 2. The summed E-state index contributed by atoms with van der Waals surface area (Å²) in [5.74, 6) is 0.00254. The Balaban J connectivity index is 1.88. The number of hydrogen-bond donors (Lipinski definition) is 0. The molecule has 0 unspecified atom stereocenters. The second-order valence-corrected chi connectivity index (χ2v) is 5.74. The summed E-state index contributed by atoms with van der Waals surface area (Å²) in [5, 5.41) is 9.89. The van der Waals surface area contributed by atoms with Crippen LogP contribution in [-0.2, 0) is 5.41 Å². The average Bonchev–Trinajstić information content (AvgIpc) is 2.41. The van der Waals surface area contributed by atoms with Crippen molar-refractivity contribution in [2.75, 3.05) is 0 Å². The van der Waals surface area contributed by atoms with Crippen molar-refractivity contribution >= 4 is 11.6 Å². The Morgan fingerprint density at radius 3 is 2.45 bits per heavy atom. The molecule has 0 amide bonds. The van der Waals surface area contributed by atoms with Gasteiger partial charge in [0.15, 0.2) is 0 Å². The summed E-state index contributed by atoms with van der Waals surface area (Å²) in [6, 6.07) is 16.8. The fourth-order valence-electron chi connectivity index (χ4n) is 2.99. The van der Waals surface area contributed by atoms with E-state index in [2.05, 4.69) is 18.2 Å². The van der Waals surface area contributed by atoms with Gasteiger partial charge in [0.25, 0.3) is 0 Å². The molecule has 1 aliphatic carbocycles. The van der Waals surface area contributed by atoms with Gasteiger partial charge in [-0.05, 0) is 42.0 Å². The topological polar surface area (TPSA) is 23.8 Å².